The molecule has 0 aliphatic heterocycles. The van der Waals surface area contributed by atoms with E-state index in [0.717, 1.165) is 12.2 Å². The van der Waals surface area contributed by atoms with Gasteiger partial charge in [0, 0.05) is 19.5 Å². The number of aliphatic hydroxyl groups is 1. The fraction of sp³-hybridized carbons (Fsp3) is 0.545. The highest BCUT2D eigenvalue weighted by atomic mass is 16.4. The van der Waals surface area contributed by atoms with Crippen LogP contribution in [0.5, 0.6) is 0 Å². The number of carbonyl (C=O) groups excluding carboxylic acids is 1. The van der Waals surface area contributed by atoms with Crippen LogP contribution in [-0.4, -0.2) is 35.6 Å². The molecule has 0 spiro atoms. The number of hydrogen-bond acceptors (Lipinski definition) is 3. The van der Waals surface area contributed by atoms with Gasteiger partial charge in [-0.1, -0.05) is 6.92 Å². The minimum atomic E-state index is -0.161. The molecule has 1 heterocycles. The number of nitrogens with zero attached hydrogens (tertiary/aromatic N) is 1. The highest BCUT2D eigenvalue weighted by Gasteiger charge is 2.16. The maximum Gasteiger partial charge on any atom is 0.289 e. The number of amides is 1. The predicted octanol–water partition coefficient (Wildman–Crippen LogP) is 1.30. The molecule has 0 saturated carbocycles. The third kappa shape index (κ3) is 2.83. The first-order valence-electron chi connectivity index (χ1n) is 5.21. The summed E-state index contributed by atoms with van der Waals surface area (Å²) in [6, 6.07) is 3.49. The third-order valence-corrected chi connectivity index (χ3v) is 2.26. The lowest BCUT2D eigenvalue weighted by atomic mass is 10.3. The minimum Gasteiger partial charge on any atom is -0.456 e. The molecule has 0 bridgehead atoms. The quantitative estimate of drug-likeness (QED) is 0.798. The van der Waals surface area contributed by atoms with E-state index < -0.39 is 0 Å². The topological polar surface area (TPSA) is 53.7 Å². The van der Waals surface area contributed by atoms with Crippen molar-refractivity contribution in [3.8, 4) is 0 Å². The number of hydrogen-bond donors (Lipinski definition) is 1. The molecule has 0 aliphatic rings. The van der Waals surface area contributed by atoms with Gasteiger partial charge in [0.1, 0.15) is 5.76 Å². The van der Waals surface area contributed by atoms with Crippen LogP contribution in [0.15, 0.2) is 16.5 Å². The molecule has 1 aromatic rings. The van der Waals surface area contributed by atoms with Crippen LogP contribution in [0.2, 0.25) is 0 Å². The summed E-state index contributed by atoms with van der Waals surface area (Å²) in [6.45, 7) is 4.73. The van der Waals surface area contributed by atoms with Gasteiger partial charge in [0.2, 0.25) is 0 Å². The largest absolute Gasteiger partial charge is 0.456 e. The standard InChI is InChI=1S/C11H17NO3/c1-3-9-5-6-10(15-9)11(14)12(4-2)7-8-13/h5-6,13H,3-4,7-8H2,1-2H3. The van der Waals surface area contributed by atoms with Crippen LogP contribution in [0.3, 0.4) is 0 Å². The Hall–Kier alpha value is -1.29. The molecule has 0 aromatic carbocycles. The molecule has 1 N–H and O–H groups in total. The predicted molar refractivity (Wildman–Crippen MR) is 56.7 cm³/mol. The summed E-state index contributed by atoms with van der Waals surface area (Å²) in [7, 11) is 0. The Kier molecular flexibility index (Phi) is 4.37. The zero-order chi connectivity index (χ0) is 11.3. The lowest BCUT2D eigenvalue weighted by molar-refractivity contribution is 0.0698. The molecule has 0 saturated heterocycles. The lowest BCUT2D eigenvalue weighted by Crippen LogP contribution is -2.33. The van der Waals surface area contributed by atoms with Gasteiger partial charge in [-0.2, -0.15) is 0 Å². The van der Waals surface area contributed by atoms with Crippen molar-refractivity contribution in [1.82, 2.24) is 4.90 Å². The van der Waals surface area contributed by atoms with E-state index in [9.17, 15) is 4.79 Å². The van der Waals surface area contributed by atoms with Gasteiger partial charge in [-0.3, -0.25) is 4.79 Å². The second-order valence-electron chi connectivity index (χ2n) is 3.23. The van der Waals surface area contributed by atoms with Gasteiger partial charge in [0.15, 0.2) is 5.76 Å². The summed E-state index contributed by atoms with van der Waals surface area (Å²) < 4.78 is 5.35. The van der Waals surface area contributed by atoms with Crippen LogP contribution >= 0.6 is 0 Å². The van der Waals surface area contributed by atoms with Crippen LogP contribution in [0.25, 0.3) is 0 Å². The van der Waals surface area contributed by atoms with E-state index in [1.165, 1.54) is 0 Å². The zero-order valence-corrected chi connectivity index (χ0v) is 9.19. The molecule has 1 aromatic heterocycles. The summed E-state index contributed by atoms with van der Waals surface area (Å²) in [5.41, 5.74) is 0. The van der Waals surface area contributed by atoms with E-state index in [0.29, 0.717) is 18.8 Å². The summed E-state index contributed by atoms with van der Waals surface area (Å²) in [4.78, 5) is 13.4. The molecular weight excluding hydrogens is 194 g/mol. The summed E-state index contributed by atoms with van der Waals surface area (Å²) >= 11 is 0. The van der Waals surface area contributed by atoms with Gasteiger partial charge in [-0.15, -0.1) is 0 Å². The Labute approximate surface area is 89.5 Å². The smallest absolute Gasteiger partial charge is 0.289 e. The fourth-order valence-corrected chi connectivity index (χ4v) is 1.36. The van der Waals surface area contributed by atoms with Crippen LogP contribution < -0.4 is 0 Å². The van der Waals surface area contributed by atoms with Crippen LogP contribution in [0.4, 0.5) is 0 Å². The molecule has 1 rings (SSSR count). The molecule has 0 unspecified atom stereocenters. The Bertz CT molecular complexity index is 319. The molecule has 0 atom stereocenters. The van der Waals surface area contributed by atoms with Gasteiger partial charge in [-0.05, 0) is 19.1 Å². The summed E-state index contributed by atoms with van der Waals surface area (Å²) in [5.74, 6) is 0.992. The first-order chi connectivity index (χ1) is 7.22. The van der Waals surface area contributed by atoms with E-state index >= 15 is 0 Å². The number of carbonyl (C=O) groups is 1. The SMILES string of the molecule is CCc1ccc(C(=O)N(CC)CCO)o1. The van der Waals surface area contributed by atoms with Gasteiger partial charge in [0.25, 0.3) is 5.91 Å². The van der Waals surface area contributed by atoms with Crippen LogP contribution in [0.1, 0.15) is 30.2 Å². The monoisotopic (exact) mass is 211 g/mol. The maximum atomic E-state index is 11.8. The number of likely N-dealkylation sites (N-methyl/N-ethyl adjacent to an activating group) is 1. The average molecular weight is 211 g/mol. The lowest BCUT2D eigenvalue weighted by Gasteiger charge is -2.17. The Morgan fingerprint density at radius 1 is 1.47 bits per heavy atom. The van der Waals surface area contributed by atoms with Gasteiger partial charge in [0.05, 0.1) is 6.61 Å². The molecule has 1 amide bonds. The molecule has 4 heteroatoms. The first kappa shape index (κ1) is 11.8. The number of furan rings is 1. The van der Waals surface area contributed by atoms with Crippen LogP contribution in [-0.2, 0) is 6.42 Å². The molecule has 0 aliphatic carbocycles. The van der Waals surface area contributed by atoms with Crippen molar-refractivity contribution in [3.05, 3.63) is 23.7 Å². The van der Waals surface area contributed by atoms with E-state index in [1.54, 1.807) is 17.0 Å². The van der Waals surface area contributed by atoms with Crippen molar-refractivity contribution in [2.75, 3.05) is 19.7 Å². The van der Waals surface area contributed by atoms with Crippen molar-refractivity contribution in [2.24, 2.45) is 0 Å². The highest BCUT2D eigenvalue weighted by Crippen LogP contribution is 2.11. The van der Waals surface area contributed by atoms with Crippen molar-refractivity contribution in [2.45, 2.75) is 20.3 Å². The minimum absolute atomic E-state index is 0.0269. The summed E-state index contributed by atoms with van der Waals surface area (Å²) in [5, 5.41) is 8.79. The van der Waals surface area contributed by atoms with E-state index in [4.69, 9.17) is 9.52 Å². The second-order valence-corrected chi connectivity index (χ2v) is 3.23. The van der Waals surface area contributed by atoms with E-state index in [-0.39, 0.29) is 12.5 Å². The highest BCUT2D eigenvalue weighted by molar-refractivity contribution is 5.91. The Morgan fingerprint density at radius 3 is 2.67 bits per heavy atom. The second kappa shape index (κ2) is 5.56. The Balaban J connectivity index is 2.73. The molecule has 4 nitrogen and oxygen atoms in total. The Morgan fingerprint density at radius 2 is 2.20 bits per heavy atom. The third-order valence-electron chi connectivity index (χ3n) is 2.26. The molecule has 0 fully saturated rings. The number of rotatable bonds is 5. The van der Waals surface area contributed by atoms with Crippen molar-refractivity contribution in [1.29, 1.82) is 0 Å². The van der Waals surface area contributed by atoms with Crippen LogP contribution in [0, 0.1) is 0 Å². The van der Waals surface area contributed by atoms with Gasteiger partial charge < -0.3 is 14.4 Å². The van der Waals surface area contributed by atoms with E-state index in [2.05, 4.69) is 0 Å². The van der Waals surface area contributed by atoms with Crippen molar-refractivity contribution >= 4 is 5.91 Å². The van der Waals surface area contributed by atoms with Gasteiger partial charge in [-0.25, -0.2) is 0 Å². The van der Waals surface area contributed by atoms with E-state index in [1.807, 2.05) is 13.8 Å². The molecule has 0 radical (unpaired) electrons. The normalized spacial score (nSPS) is 10.3. The first-order valence-corrected chi connectivity index (χ1v) is 5.21. The zero-order valence-electron chi connectivity index (χ0n) is 9.19. The number of aryl methyl sites for hydroxylation is 1. The summed E-state index contributed by atoms with van der Waals surface area (Å²) in [6.07, 6.45) is 0.777. The molecular formula is C11H17NO3. The maximum absolute atomic E-state index is 11.8. The fourth-order valence-electron chi connectivity index (χ4n) is 1.36. The van der Waals surface area contributed by atoms with Gasteiger partial charge >= 0.3 is 0 Å². The van der Waals surface area contributed by atoms with Crippen molar-refractivity contribution < 1.29 is 14.3 Å². The number of aliphatic hydroxyl groups excluding tert-OH is 1. The average Bonchev–Trinajstić information content (AvgIpc) is 2.73. The van der Waals surface area contributed by atoms with Crippen molar-refractivity contribution in [3.63, 3.8) is 0 Å². The molecule has 84 valence electrons. The molecule has 15 heavy (non-hydrogen) atoms.